The van der Waals surface area contributed by atoms with E-state index >= 15 is 0 Å². The topological polar surface area (TPSA) is 116 Å². The van der Waals surface area contributed by atoms with Crippen LogP contribution in [-0.2, 0) is 30.7 Å². The van der Waals surface area contributed by atoms with Gasteiger partial charge in [-0.1, -0.05) is 6.07 Å². The maximum absolute atomic E-state index is 12.8. The third-order valence-electron chi connectivity index (χ3n) is 8.53. The van der Waals surface area contributed by atoms with Crippen molar-refractivity contribution in [2.75, 3.05) is 42.7 Å². The van der Waals surface area contributed by atoms with Gasteiger partial charge < -0.3 is 14.8 Å². The van der Waals surface area contributed by atoms with Crippen LogP contribution in [0.15, 0.2) is 24.3 Å². The standard InChI is InChI=1S/C30H39N5O5S/c1-19-31-29-25(17-23(18-27(36)21-7-8-21)32-30(29)35(19)28-6-4-5-13-40-28)33-24-10-9-22(20-11-14-39-15-12-20)16-26(24)34(2)41(3,37)38/h9-10,16-17,20-21,28H,4-8,11-15,18H2,1-3H3,(H,32,33). The van der Waals surface area contributed by atoms with E-state index in [1.54, 1.807) is 7.05 Å². The first-order valence-corrected chi connectivity index (χ1v) is 16.5. The summed E-state index contributed by atoms with van der Waals surface area (Å²) in [7, 11) is -1.95. The highest BCUT2D eigenvalue weighted by atomic mass is 32.2. The van der Waals surface area contributed by atoms with Gasteiger partial charge in [0.15, 0.2) is 5.65 Å². The quantitative estimate of drug-likeness (QED) is 0.376. The minimum Gasteiger partial charge on any atom is -0.381 e. The summed E-state index contributed by atoms with van der Waals surface area (Å²) in [6.07, 6.45) is 7.96. The molecule has 220 valence electrons. The van der Waals surface area contributed by atoms with Crippen LogP contribution in [0.2, 0.25) is 0 Å². The Morgan fingerprint density at radius 3 is 2.51 bits per heavy atom. The summed E-state index contributed by atoms with van der Waals surface area (Å²) in [5.74, 6) is 1.44. The largest absolute Gasteiger partial charge is 0.381 e. The number of pyridine rings is 1. The van der Waals surface area contributed by atoms with E-state index in [1.165, 1.54) is 10.6 Å². The number of ketones is 1. The molecule has 1 N–H and O–H groups in total. The zero-order valence-corrected chi connectivity index (χ0v) is 24.9. The number of nitrogens with one attached hydrogen (secondary N) is 1. The van der Waals surface area contributed by atoms with E-state index in [2.05, 4.69) is 11.4 Å². The molecule has 0 amide bonds. The first kappa shape index (κ1) is 28.1. The summed E-state index contributed by atoms with van der Waals surface area (Å²) >= 11 is 0. The summed E-state index contributed by atoms with van der Waals surface area (Å²) in [5, 5.41) is 3.50. The fourth-order valence-corrected chi connectivity index (χ4v) is 6.44. The number of aryl methyl sites for hydroxylation is 1. The van der Waals surface area contributed by atoms with Gasteiger partial charge in [0.1, 0.15) is 23.4 Å². The number of rotatable bonds is 9. The van der Waals surface area contributed by atoms with Crippen molar-refractivity contribution < 1.29 is 22.7 Å². The molecule has 1 saturated carbocycles. The number of hydrogen-bond acceptors (Lipinski definition) is 8. The van der Waals surface area contributed by atoms with Crippen molar-refractivity contribution in [2.24, 2.45) is 5.92 Å². The Morgan fingerprint density at radius 1 is 1.05 bits per heavy atom. The highest BCUT2D eigenvalue weighted by Gasteiger charge is 2.31. The Balaban J connectivity index is 1.44. The van der Waals surface area contributed by atoms with Crippen LogP contribution in [0, 0.1) is 12.8 Å². The molecule has 1 atom stereocenters. The van der Waals surface area contributed by atoms with E-state index in [0.29, 0.717) is 59.7 Å². The molecule has 0 spiro atoms. The molecule has 1 aliphatic carbocycles. The molecule has 6 rings (SSSR count). The molecule has 1 unspecified atom stereocenters. The second kappa shape index (κ2) is 11.3. The number of sulfonamides is 1. The van der Waals surface area contributed by atoms with Gasteiger partial charge in [-0.25, -0.2) is 18.4 Å². The lowest BCUT2D eigenvalue weighted by Gasteiger charge is -2.26. The van der Waals surface area contributed by atoms with Crippen molar-refractivity contribution in [3.63, 3.8) is 0 Å². The molecule has 2 saturated heterocycles. The zero-order chi connectivity index (χ0) is 28.7. The Bertz CT molecular complexity index is 1550. The number of Topliss-reactive ketones (excluding diaryl/α,β-unsaturated/α-hetero) is 1. The molecular formula is C30H39N5O5S. The minimum absolute atomic E-state index is 0.130. The minimum atomic E-state index is -3.53. The molecule has 2 aliphatic heterocycles. The number of fused-ring (bicyclic) bond motifs is 1. The lowest BCUT2D eigenvalue weighted by molar-refractivity contribution is -0.119. The van der Waals surface area contributed by atoms with Gasteiger partial charge in [-0.05, 0) is 81.5 Å². The Hall–Kier alpha value is -3.02. The van der Waals surface area contributed by atoms with Crippen LogP contribution in [0.4, 0.5) is 17.1 Å². The Morgan fingerprint density at radius 2 is 1.83 bits per heavy atom. The number of anilines is 3. The SMILES string of the molecule is Cc1nc2c(Nc3ccc(C4CCOCC4)cc3N(C)S(C)(=O)=O)cc(CC(=O)C3CC3)nc2n1C1CCCCO1. The monoisotopic (exact) mass is 581 g/mol. The van der Waals surface area contributed by atoms with Gasteiger partial charge in [-0.2, -0.15) is 0 Å². The van der Waals surface area contributed by atoms with E-state index in [-0.39, 0.29) is 24.3 Å². The lowest BCUT2D eigenvalue weighted by Crippen LogP contribution is -2.26. The number of nitrogens with zero attached hydrogens (tertiary/aromatic N) is 4. The van der Waals surface area contributed by atoms with Crippen LogP contribution in [0.1, 0.15) is 74.2 Å². The van der Waals surface area contributed by atoms with E-state index in [0.717, 1.165) is 56.3 Å². The third kappa shape index (κ3) is 5.98. The highest BCUT2D eigenvalue weighted by Crippen LogP contribution is 2.39. The number of imidazole rings is 1. The smallest absolute Gasteiger partial charge is 0.232 e. The summed E-state index contributed by atoms with van der Waals surface area (Å²) in [5.41, 5.74) is 5.00. The van der Waals surface area contributed by atoms with E-state index in [4.69, 9.17) is 19.4 Å². The van der Waals surface area contributed by atoms with Crippen LogP contribution in [0.25, 0.3) is 11.2 Å². The van der Waals surface area contributed by atoms with Gasteiger partial charge in [-0.3, -0.25) is 13.7 Å². The second-order valence-electron chi connectivity index (χ2n) is 11.6. The molecule has 11 heteroatoms. The van der Waals surface area contributed by atoms with Crippen LogP contribution >= 0.6 is 0 Å². The van der Waals surface area contributed by atoms with Crippen molar-refractivity contribution in [2.45, 2.75) is 70.4 Å². The fraction of sp³-hybridized carbons (Fsp3) is 0.567. The maximum Gasteiger partial charge on any atom is 0.232 e. The average molecular weight is 582 g/mol. The highest BCUT2D eigenvalue weighted by molar-refractivity contribution is 7.92. The van der Waals surface area contributed by atoms with Gasteiger partial charge in [0.25, 0.3) is 0 Å². The third-order valence-corrected chi connectivity index (χ3v) is 9.72. The summed E-state index contributed by atoms with van der Waals surface area (Å²) < 4.78 is 40.4. The first-order valence-electron chi connectivity index (χ1n) is 14.6. The second-order valence-corrected chi connectivity index (χ2v) is 13.6. The maximum atomic E-state index is 12.8. The van der Waals surface area contributed by atoms with Crippen LogP contribution < -0.4 is 9.62 Å². The Kier molecular flexibility index (Phi) is 7.78. The summed E-state index contributed by atoms with van der Waals surface area (Å²) in [4.78, 5) is 22.7. The van der Waals surface area contributed by atoms with Crippen LogP contribution in [0.3, 0.4) is 0 Å². The van der Waals surface area contributed by atoms with Gasteiger partial charge in [0.05, 0.1) is 29.0 Å². The number of aromatic nitrogens is 3. The predicted molar refractivity (Wildman–Crippen MR) is 158 cm³/mol. The predicted octanol–water partition coefficient (Wildman–Crippen LogP) is 4.99. The molecule has 4 heterocycles. The number of carbonyl (C=O) groups is 1. The fourth-order valence-electron chi connectivity index (χ4n) is 5.93. The summed E-state index contributed by atoms with van der Waals surface area (Å²) in [6, 6.07) is 7.86. The molecule has 3 fully saturated rings. The number of ether oxygens (including phenoxy) is 2. The van der Waals surface area contributed by atoms with Gasteiger partial charge >= 0.3 is 0 Å². The zero-order valence-electron chi connectivity index (χ0n) is 24.1. The first-order chi connectivity index (χ1) is 19.7. The number of hydrogen-bond donors (Lipinski definition) is 1. The van der Waals surface area contributed by atoms with E-state index in [1.807, 2.05) is 29.7 Å². The lowest BCUT2D eigenvalue weighted by atomic mass is 9.91. The van der Waals surface area contributed by atoms with Crippen molar-refractivity contribution in [3.05, 3.63) is 41.3 Å². The van der Waals surface area contributed by atoms with Crippen LogP contribution in [-0.4, -0.2) is 61.9 Å². The molecule has 2 aromatic heterocycles. The van der Waals surface area contributed by atoms with E-state index in [9.17, 15) is 13.2 Å². The molecular weight excluding hydrogens is 542 g/mol. The Labute approximate surface area is 241 Å². The number of benzene rings is 1. The molecule has 1 aromatic carbocycles. The molecule has 10 nitrogen and oxygen atoms in total. The van der Waals surface area contributed by atoms with Crippen molar-refractivity contribution >= 4 is 44.0 Å². The molecule has 0 radical (unpaired) electrons. The van der Waals surface area contributed by atoms with Gasteiger partial charge in [-0.15, -0.1) is 0 Å². The molecule has 3 aromatic rings. The van der Waals surface area contributed by atoms with Crippen LogP contribution in [0.5, 0.6) is 0 Å². The van der Waals surface area contributed by atoms with E-state index < -0.39 is 10.0 Å². The van der Waals surface area contributed by atoms with Gasteiger partial charge in [0, 0.05) is 39.2 Å². The van der Waals surface area contributed by atoms with Crippen molar-refractivity contribution in [1.29, 1.82) is 0 Å². The molecule has 41 heavy (non-hydrogen) atoms. The summed E-state index contributed by atoms with van der Waals surface area (Å²) in [6.45, 7) is 4.04. The van der Waals surface area contributed by atoms with Crippen molar-refractivity contribution in [3.8, 4) is 0 Å². The normalized spacial score (nSPS) is 20.3. The molecule has 3 aliphatic rings. The molecule has 0 bridgehead atoms. The van der Waals surface area contributed by atoms with Gasteiger partial charge in [0.2, 0.25) is 10.0 Å². The number of carbonyl (C=O) groups excluding carboxylic acids is 1. The van der Waals surface area contributed by atoms with Crippen molar-refractivity contribution in [1.82, 2.24) is 14.5 Å². The average Bonchev–Trinajstić information content (AvgIpc) is 3.76.